The highest BCUT2D eigenvalue weighted by Crippen LogP contribution is 1.95. The van der Waals surface area contributed by atoms with Gasteiger partial charge in [-0.1, -0.05) is 19.0 Å². The Hall–Kier alpha value is -0.870. The highest BCUT2D eigenvalue weighted by Gasteiger charge is 1.94. The summed E-state index contributed by atoms with van der Waals surface area (Å²) in [5.74, 6) is 0. The highest BCUT2D eigenvalue weighted by molar-refractivity contribution is 4.92. The van der Waals surface area contributed by atoms with Crippen molar-refractivity contribution < 1.29 is 14.0 Å². The summed E-state index contributed by atoms with van der Waals surface area (Å²) < 4.78 is 14.6. The molecule has 4 heteroatoms. The third-order valence-corrected chi connectivity index (χ3v) is 1.17. The van der Waals surface area contributed by atoms with Crippen LogP contribution in [0.4, 0.5) is 0 Å². The maximum atomic E-state index is 5.17. The van der Waals surface area contributed by atoms with Crippen LogP contribution in [0.15, 0.2) is 16.9 Å². The monoisotopic (exact) mass is 187 g/mol. The summed E-state index contributed by atoms with van der Waals surface area (Å²) in [5, 5.41) is 3.67. The first-order valence-corrected chi connectivity index (χ1v) is 4.39. The first-order chi connectivity index (χ1) is 6.43. The Morgan fingerprint density at radius 2 is 2.15 bits per heavy atom. The lowest BCUT2D eigenvalue weighted by Gasteiger charge is -1.98. The Morgan fingerprint density at radius 1 is 1.38 bits per heavy atom. The van der Waals surface area contributed by atoms with Crippen molar-refractivity contribution in [2.45, 2.75) is 20.5 Å². The van der Waals surface area contributed by atoms with Gasteiger partial charge in [0.15, 0.2) is 0 Å². The van der Waals surface area contributed by atoms with Gasteiger partial charge in [0.05, 0.1) is 19.8 Å². The lowest BCUT2D eigenvalue weighted by Crippen LogP contribution is -2.01. The summed E-state index contributed by atoms with van der Waals surface area (Å²) in [6.07, 6.45) is 1.52. The van der Waals surface area contributed by atoms with Gasteiger partial charge in [0.2, 0.25) is 0 Å². The van der Waals surface area contributed by atoms with E-state index in [0.29, 0.717) is 19.8 Å². The first kappa shape index (κ1) is 12.1. The fourth-order valence-corrected chi connectivity index (χ4v) is 0.631. The normalized spacial score (nSPS) is 9.15. The van der Waals surface area contributed by atoms with E-state index < -0.39 is 0 Å². The molecule has 0 atom stereocenters. The molecule has 0 fully saturated rings. The third-order valence-electron chi connectivity index (χ3n) is 1.17. The van der Waals surface area contributed by atoms with Gasteiger partial charge >= 0.3 is 0 Å². The Labute approximate surface area is 78.8 Å². The SMILES string of the molecule is CC.COCCOCc1ccon1. The highest BCUT2D eigenvalue weighted by atomic mass is 16.5. The molecule has 0 unspecified atom stereocenters. The average Bonchev–Trinajstić information content (AvgIpc) is 2.68. The zero-order valence-corrected chi connectivity index (χ0v) is 8.45. The van der Waals surface area contributed by atoms with E-state index in [4.69, 9.17) is 9.47 Å². The van der Waals surface area contributed by atoms with E-state index >= 15 is 0 Å². The standard InChI is InChI=1S/C7H11NO3.C2H6/c1-9-4-5-10-6-7-2-3-11-8-7;1-2/h2-3H,4-6H2,1H3;1-2H3. The number of methoxy groups -OCH3 is 1. The van der Waals surface area contributed by atoms with Crippen molar-refractivity contribution in [3.63, 3.8) is 0 Å². The quantitative estimate of drug-likeness (QED) is 0.660. The zero-order valence-electron chi connectivity index (χ0n) is 8.45. The number of rotatable bonds is 5. The van der Waals surface area contributed by atoms with Crippen molar-refractivity contribution in [3.05, 3.63) is 18.0 Å². The molecule has 13 heavy (non-hydrogen) atoms. The minimum Gasteiger partial charge on any atom is -0.382 e. The largest absolute Gasteiger partial charge is 0.382 e. The van der Waals surface area contributed by atoms with Crippen LogP contribution >= 0.6 is 0 Å². The van der Waals surface area contributed by atoms with E-state index in [-0.39, 0.29) is 0 Å². The van der Waals surface area contributed by atoms with Crippen molar-refractivity contribution in [2.75, 3.05) is 20.3 Å². The summed E-state index contributed by atoms with van der Waals surface area (Å²) in [6, 6.07) is 1.77. The predicted molar refractivity (Wildman–Crippen MR) is 49.4 cm³/mol. The lowest BCUT2D eigenvalue weighted by atomic mass is 10.5. The van der Waals surface area contributed by atoms with Crippen LogP contribution in [0.3, 0.4) is 0 Å². The number of hydrogen-bond donors (Lipinski definition) is 0. The molecule has 0 aliphatic rings. The van der Waals surface area contributed by atoms with Gasteiger partial charge in [0, 0.05) is 13.2 Å². The topological polar surface area (TPSA) is 44.5 Å². The molecular formula is C9H17NO3. The number of nitrogens with zero attached hydrogens (tertiary/aromatic N) is 1. The van der Waals surface area contributed by atoms with Gasteiger partial charge in [0.25, 0.3) is 0 Å². The van der Waals surface area contributed by atoms with E-state index in [9.17, 15) is 0 Å². The lowest BCUT2D eigenvalue weighted by molar-refractivity contribution is 0.0590. The van der Waals surface area contributed by atoms with Crippen molar-refractivity contribution in [3.8, 4) is 0 Å². The van der Waals surface area contributed by atoms with Crippen molar-refractivity contribution in [1.29, 1.82) is 0 Å². The first-order valence-electron chi connectivity index (χ1n) is 4.39. The molecule has 1 aromatic rings. The van der Waals surface area contributed by atoms with Crippen molar-refractivity contribution in [2.24, 2.45) is 0 Å². The molecule has 0 N–H and O–H groups in total. The summed E-state index contributed by atoms with van der Waals surface area (Å²) in [7, 11) is 1.64. The second-order valence-corrected chi connectivity index (χ2v) is 2.04. The Morgan fingerprint density at radius 3 is 2.69 bits per heavy atom. The zero-order chi connectivity index (χ0) is 9.94. The number of ether oxygens (including phenoxy) is 2. The van der Waals surface area contributed by atoms with E-state index in [1.807, 2.05) is 13.8 Å². The van der Waals surface area contributed by atoms with Gasteiger partial charge in [-0.25, -0.2) is 0 Å². The molecule has 0 saturated carbocycles. The molecule has 0 radical (unpaired) electrons. The Bertz CT molecular complexity index is 175. The number of aromatic nitrogens is 1. The molecule has 0 amide bonds. The molecule has 1 heterocycles. The summed E-state index contributed by atoms with van der Waals surface area (Å²) in [4.78, 5) is 0. The van der Waals surface area contributed by atoms with Gasteiger partial charge in [-0.15, -0.1) is 0 Å². The molecular weight excluding hydrogens is 170 g/mol. The van der Waals surface area contributed by atoms with E-state index in [0.717, 1.165) is 5.69 Å². The van der Waals surface area contributed by atoms with Crippen LogP contribution < -0.4 is 0 Å². The molecule has 0 aromatic carbocycles. The molecule has 0 aliphatic heterocycles. The predicted octanol–water partition coefficient (Wildman–Crippen LogP) is 1.86. The molecule has 1 rings (SSSR count). The second-order valence-electron chi connectivity index (χ2n) is 2.04. The van der Waals surface area contributed by atoms with Crippen LogP contribution in [0, 0.1) is 0 Å². The number of hydrogen-bond acceptors (Lipinski definition) is 4. The molecule has 76 valence electrons. The maximum absolute atomic E-state index is 5.17. The van der Waals surface area contributed by atoms with Gasteiger partial charge in [-0.2, -0.15) is 0 Å². The Kier molecular flexibility index (Phi) is 8.60. The molecule has 4 nitrogen and oxygen atoms in total. The maximum Gasteiger partial charge on any atom is 0.124 e. The molecule has 0 bridgehead atoms. The summed E-state index contributed by atoms with van der Waals surface area (Å²) in [6.45, 7) is 5.68. The second kappa shape index (κ2) is 9.22. The minimum atomic E-state index is 0.486. The van der Waals surface area contributed by atoms with E-state index in [2.05, 4.69) is 9.68 Å². The molecule has 0 aliphatic carbocycles. The average molecular weight is 187 g/mol. The van der Waals surface area contributed by atoms with Crippen molar-refractivity contribution in [1.82, 2.24) is 5.16 Å². The molecule has 0 spiro atoms. The fraction of sp³-hybridized carbons (Fsp3) is 0.667. The molecule has 1 aromatic heterocycles. The van der Waals surface area contributed by atoms with Crippen molar-refractivity contribution >= 4 is 0 Å². The van der Waals surface area contributed by atoms with Crippen LogP contribution in [0.1, 0.15) is 19.5 Å². The van der Waals surface area contributed by atoms with E-state index in [1.54, 1.807) is 13.2 Å². The van der Waals surface area contributed by atoms with Crippen LogP contribution in [-0.4, -0.2) is 25.5 Å². The third kappa shape index (κ3) is 6.31. The van der Waals surface area contributed by atoms with Crippen LogP contribution in [-0.2, 0) is 16.1 Å². The Balaban J connectivity index is 0.000000671. The summed E-state index contributed by atoms with van der Waals surface area (Å²) >= 11 is 0. The molecule has 0 saturated heterocycles. The summed E-state index contributed by atoms with van der Waals surface area (Å²) in [5.41, 5.74) is 0.807. The fourth-order valence-electron chi connectivity index (χ4n) is 0.631. The van der Waals surface area contributed by atoms with Crippen LogP contribution in [0.5, 0.6) is 0 Å². The smallest absolute Gasteiger partial charge is 0.124 e. The van der Waals surface area contributed by atoms with Gasteiger partial charge in [-0.3, -0.25) is 0 Å². The van der Waals surface area contributed by atoms with Crippen LogP contribution in [0.25, 0.3) is 0 Å². The van der Waals surface area contributed by atoms with Gasteiger partial charge in [0.1, 0.15) is 12.0 Å². The van der Waals surface area contributed by atoms with Gasteiger partial charge in [-0.05, 0) is 0 Å². The van der Waals surface area contributed by atoms with E-state index in [1.165, 1.54) is 6.26 Å². The van der Waals surface area contributed by atoms with Crippen LogP contribution in [0.2, 0.25) is 0 Å². The van der Waals surface area contributed by atoms with Gasteiger partial charge < -0.3 is 14.0 Å². The minimum absolute atomic E-state index is 0.486.